The molecule has 4 N–H and O–H groups in total. The molecule has 1 fully saturated rings. The topological polar surface area (TPSA) is 82.3 Å². The van der Waals surface area contributed by atoms with Crippen molar-refractivity contribution in [1.82, 2.24) is 21.3 Å². The third-order valence-electron chi connectivity index (χ3n) is 11.0. The molecule has 296 valence electrons. The zero-order valence-corrected chi connectivity index (χ0v) is 33.8. The van der Waals surface area contributed by atoms with Gasteiger partial charge in [-0.2, -0.15) is 0 Å². The van der Waals surface area contributed by atoms with Gasteiger partial charge in [0.15, 0.2) is 0 Å². The van der Waals surface area contributed by atoms with Crippen LogP contribution in [0.25, 0.3) is 0 Å². The van der Waals surface area contributed by atoms with E-state index in [9.17, 15) is 9.59 Å². The molecule has 1 saturated carbocycles. The number of amides is 4. The van der Waals surface area contributed by atoms with Crippen molar-refractivity contribution in [2.45, 2.75) is 257 Å². The minimum Gasteiger partial charge on any atom is -0.338 e. The Balaban J connectivity index is 1.82. The Morgan fingerprint density at radius 3 is 0.760 bits per heavy atom. The minimum absolute atomic E-state index is 0.0288. The number of carbonyl (C=O) groups excluding carboxylic acids is 2. The monoisotopic (exact) mass is 705 g/mol. The lowest BCUT2D eigenvalue weighted by Crippen LogP contribution is -2.48. The van der Waals surface area contributed by atoms with Crippen LogP contribution in [0.15, 0.2) is 0 Å². The Bertz CT molecular complexity index is 665. The second-order valence-electron chi connectivity index (χ2n) is 16.0. The molecule has 0 spiro atoms. The Kier molecular flexibility index (Phi) is 34.7. The Morgan fingerprint density at radius 1 is 0.340 bits per heavy atom. The number of urea groups is 2. The molecule has 0 bridgehead atoms. The molecular formula is C44H88N4O2. The van der Waals surface area contributed by atoms with Gasteiger partial charge in [-0.05, 0) is 38.5 Å². The Morgan fingerprint density at radius 2 is 0.540 bits per heavy atom. The highest BCUT2D eigenvalue weighted by atomic mass is 16.2. The first-order valence-electron chi connectivity index (χ1n) is 22.7. The van der Waals surface area contributed by atoms with Crippen LogP contribution >= 0.6 is 0 Å². The van der Waals surface area contributed by atoms with E-state index < -0.39 is 0 Å². The van der Waals surface area contributed by atoms with Gasteiger partial charge in [-0.3, -0.25) is 0 Å². The van der Waals surface area contributed by atoms with E-state index in [0.29, 0.717) is 0 Å². The third kappa shape index (κ3) is 32.4. The normalized spacial score (nSPS) is 16.0. The van der Waals surface area contributed by atoms with Gasteiger partial charge in [-0.25, -0.2) is 9.59 Å². The van der Waals surface area contributed by atoms with E-state index in [-0.39, 0.29) is 24.1 Å². The summed E-state index contributed by atoms with van der Waals surface area (Å²) in [6.45, 7) is 6.10. The first-order chi connectivity index (χ1) is 24.7. The average Bonchev–Trinajstić information content (AvgIpc) is 3.11. The largest absolute Gasteiger partial charge is 0.338 e. The van der Waals surface area contributed by atoms with Crippen molar-refractivity contribution in [3.63, 3.8) is 0 Å². The van der Waals surface area contributed by atoms with Gasteiger partial charge in [0.1, 0.15) is 0 Å². The van der Waals surface area contributed by atoms with Crippen LogP contribution in [0.1, 0.15) is 245 Å². The smallest absolute Gasteiger partial charge is 0.315 e. The molecule has 1 rings (SSSR count). The van der Waals surface area contributed by atoms with E-state index in [1.54, 1.807) is 0 Å². The Labute approximate surface area is 312 Å². The van der Waals surface area contributed by atoms with Crippen LogP contribution in [0, 0.1) is 0 Å². The van der Waals surface area contributed by atoms with Gasteiger partial charge in [-0.15, -0.1) is 0 Å². The summed E-state index contributed by atoms with van der Waals surface area (Å²) in [4.78, 5) is 24.7. The molecule has 1 aliphatic carbocycles. The van der Waals surface area contributed by atoms with Crippen LogP contribution < -0.4 is 21.3 Å². The van der Waals surface area contributed by atoms with Gasteiger partial charge in [0.25, 0.3) is 0 Å². The minimum atomic E-state index is -0.0288. The zero-order valence-electron chi connectivity index (χ0n) is 33.8. The quantitative estimate of drug-likeness (QED) is 0.0490. The van der Waals surface area contributed by atoms with Crippen molar-refractivity contribution < 1.29 is 9.59 Å². The van der Waals surface area contributed by atoms with Crippen molar-refractivity contribution in [2.75, 3.05) is 13.1 Å². The second kappa shape index (κ2) is 37.3. The van der Waals surface area contributed by atoms with Gasteiger partial charge in [-0.1, -0.05) is 206 Å². The molecule has 0 aliphatic heterocycles. The maximum absolute atomic E-state index is 12.4. The van der Waals surface area contributed by atoms with Gasteiger partial charge >= 0.3 is 12.1 Å². The van der Waals surface area contributed by atoms with Crippen molar-refractivity contribution in [3.05, 3.63) is 0 Å². The summed E-state index contributed by atoms with van der Waals surface area (Å²) < 4.78 is 0. The molecule has 0 aromatic rings. The lowest BCUT2D eigenvalue weighted by Gasteiger charge is -2.29. The number of unbranched alkanes of at least 4 members (excludes halogenated alkanes) is 30. The fourth-order valence-electron chi connectivity index (χ4n) is 7.60. The van der Waals surface area contributed by atoms with Crippen LogP contribution in [-0.2, 0) is 0 Å². The van der Waals surface area contributed by atoms with Gasteiger partial charge in [0.2, 0.25) is 0 Å². The second-order valence-corrected chi connectivity index (χ2v) is 16.0. The number of nitrogens with one attached hydrogen (secondary N) is 4. The van der Waals surface area contributed by atoms with Gasteiger partial charge in [0, 0.05) is 25.2 Å². The van der Waals surface area contributed by atoms with E-state index in [1.165, 1.54) is 193 Å². The molecule has 0 aromatic heterocycles. The number of rotatable bonds is 36. The molecule has 0 saturated heterocycles. The molecule has 0 unspecified atom stereocenters. The summed E-state index contributed by atoms with van der Waals surface area (Å²) in [5.74, 6) is 0. The molecule has 0 atom stereocenters. The molecule has 6 nitrogen and oxygen atoms in total. The lowest BCUT2D eigenvalue weighted by molar-refractivity contribution is 0.221. The van der Waals surface area contributed by atoms with Crippen LogP contribution in [-0.4, -0.2) is 37.2 Å². The molecule has 50 heavy (non-hydrogen) atoms. The molecule has 0 heterocycles. The van der Waals surface area contributed by atoms with Crippen LogP contribution in [0.5, 0.6) is 0 Å². The predicted molar refractivity (Wildman–Crippen MR) is 218 cm³/mol. The van der Waals surface area contributed by atoms with E-state index in [4.69, 9.17) is 0 Å². The van der Waals surface area contributed by atoms with Crippen molar-refractivity contribution >= 4 is 12.1 Å². The van der Waals surface area contributed by atoms with Crippen molar-refractivity contribution in [1.29, 1.82) is 0 Å². The van der Waals surface area contributed by atoms with Crippen molar-refractivity contribution in [3.8, 4) is 0 Å². The predicted octanol–water partition coefficient (Wildman–Crippen LogP) is 13.4. The molecular weight excluding hydrogens is 617 g/mol. The third-order valence-corrected chi connectivity index (χ3v) is 11.0. The summed E-state index contributed by atoms with van der Waals surface area (Å²) in [5.41, 5.74) is 0. The van der Waals surface area contributed by atoms with Crippen molar-refractivity contribution in [2.24, 2.45) is 0 Å². The van der Waals surface area contributed by atoms with E-state index in [1.807, 2.05) is 0 Å². The van der Waals surface area contributed by atoms with Gasteiger partial charge in [0.05, 0.1) is 0 Å². The zero-order chi connectivity index (χ0) is 36.0. The molecule has 0 radical (unpaired) electrons. The van der Waals surface area contributed by atoms with E-state index in [2.05, 4.69) is 35.1 Å². The SMILES string of the molecule is CCCCCCCCCCCCCCCCCCNC(=O)NC1CCC(NC(=O)NCCCCCCCCCCCCCCCCCC)CC1. The first-order valence-corrected chi connectivity index (χ1v) is 22.7. The highest BCUT2D eigenvalue weighted by Gasteiger charge is 2.23. The summed E-state index contributed by atoms with van der Waals surface area (Å²) in [6, 6.07) is 0.372. The summed E-state index contributed by atoms with van der Waals surface area (Å²) in [7, 11) is 0. The summed E-state index contributed by atoms with van der Waals surface area (Å²) in [5, 5.41) is 12.4. The Hall–Kier alpha value is -1.46. The first kappa shape index (κ1) is 46.6. The molecule has 0 aromatic carbocycles. The highest BCUT2D eigenvalue weighted by Crippen LogP contribution is 2.19. The highest BCUT2D eigenvalue weighted by molar-refractivity contribution is 5.74. The summed E-state index contributed by atoms with van der Waals surface area (Å²) >= 11 is 0. The average molecular weight is 705 g/mol. The summed E-state index contributed by atoms with van der Waals surface area (Å²) in [6.07, 6.45) is 47.4. The standard InChI is InChI=1S/C44H88N4O2/c1-3-5-7-9-11-13-15-17-19-21-23-25-27-29-31-33-39-45-43(49)47-41-35-37-42(38-36-41)48-44(50)46-40-34-32-30-28-26-24-22-20-18-16-14-12-10-8-6-4-2/h41-42H,3-40H2,1-2H3,(H2,45,47,49)(H2,46,48,50). The number of carbonyl (C=O) groups is 2. The number of hydrogen-bond acceptors (Lipinski definition) is 2. The maximum Gasteiger partial charge on any atom is 0.315 e. The van der Waals surface area contributed by atoms with E-state index in [0.717, 1.165) is 51.6 Å². The van der Waals surface area contributed by atoms with Crippen LogP contribution in [0.4, 0.5) is 9.59 Å². The fourth-order valence-corrected chi connectivity index (χ4v) is 7.60. The van der Waals surface area contributed by atoms with Crippen LogP contribution in [0.3, 0.4) is 0 Å². The molecule has 4 amide bonds. The molecule has 6 heteroatoms. The van der Waals surface area contributed by atoms with E-state index >= 15 is 0 Å². The maximum atomic E-state index is 12.4. The number of hydrogen-bond donors (Lipinski definition) is 4. The van der Waals surface area contributed by atoms with Crippen LogP contribution in [0.2, 0.25) is 0 Å². The van der Waals surface area contributed by atoms with Gasteiger partial charge < -0.3 is 21.3 Å². The lowest BCUT2D eigenvalue weighted by atomic mass is 9.91. The fraction of sp³-hybridized carbons (Fsp3) is 0.955. The molecule has 1 aliphatic rings.